The van der Waals surface area contributed by atoms with Crippen LogP contribution in [-0.2, 0) is 6.54 Å². The van der Waals surface area contributed by atoms with E-state index in [2.05, 4.69) is 28.4 Å². The smallest absolute Gasteiger partial charge is 0.273 e. The number of hydrogen-bond donors (Lipinski definition) is 1. The monoisotopic (exact) mass is 369 g/mol. The molecule has 2 aromatic rings. The van der Waals surface area contributed by atoms with Gasteiger partial charge in [-0.25, -0.2) is 0 Å². The van der Waals surface area contributed by atoms with Crippen LogP contribution in [0.4, 0.5) is 0 Å². The molecule has 3 heterocycles. The SMILES string of the molecule is C[C@H]1CN(Cc2cccc3c2OCO3)C[C@@H]1NC(=O)c1cc(C2CC2)on1. The van der Waals surface area contributed by atoms with Crippen molar-refractivity contribution in [2.45, 2.75) is 38.3 Å². The Balaban J connectivity index is 1.22. The van der Waals surface area contributed by atoms with E-state index in [1.165, 1.54) is 0 Å². The molecule has 0 unspecified atom stereocenters. The van der Waals surface area contributed by atoms with Crippen LogP contribution in [0, 0.1) is 5.92 Å². The van der Waals surface area contributed by atoms with Crippen molar-refractivity contribution in [3.63, 3.8) is 0 Å². The predicted octanol–water partition coefficient (Wildman–Crippen LogP) is 2.53. The molecule has 5 rings (SSSR count). The van der Waals surface area contributed by atoms with Gasteiger partial charge in [0.1, 0.15) is 5.76 Å². The fourth-order valence-corrected chi connectivity index (χ4v) is 3.94. The zero-order chi connectivity index (χ0) is 18.4. The van der Waals surface area contributed by atoms with E-state index >= 15 is 0 Å². The summed E-state index contributed by atoms with van der Waals surface area (Å²) < 4.78 is 16.4. The number of benzene rings is 1. The number of carbonyl (C=O) groups is 1. The van der Waals surface area contributed by atoms with Crippen LogP contribution in [-0.4, -0.2) is 41.9 Å². The molecule has 1 saturated heterocycles. The summed E-state index contributed by atoms with van der Waals surface area (Å²) in [6, 6.07) is 7.86. The van der Waals surface area contributed by atoms with E-state index in [0.717, 1.165) is 55.3 Å². The second-order valence-corrected chi connectivity index (χ2v) is 7.79. The Morgan fingerprint density at radius 3 is 3.04 bits per heavy atom. The quantitative estimate of drug-likeness (QED) is 0.873. The molecule has 1 aromatic heterocycles. The first-order valence-corrected chi connectivity index (χ1v) is 9.54. The number of aromatic nitrogens is 1. The van der Waals surface area contributed by atoms with E-state index < -0.39 is 0 Å². The minimum Gasteiger partial charge on any atom is -0.454 e. The maximum absolute atomic E-state index is 12.5. The van der Waals surface area contributed by atoms with Gasteiger partial charge >= 0.3 is 0 Å². The molecule has 27 heavy (non-hydrogen) atoms. The van der Waals surface area contributed by atoms with E-state index in [1.54, 1.807) is 6.07 Å². The first kappa shape index (κ1) is 16.6. The number of rotatable bonds is 5. The lowest BCUT2D eigenvalue weighted by Gasteiger charge is -2.17. The van der Waals surface area contributed by atoms with Crippen molar-refractivity contribution < 1.29 is 18.8 Å². The van der Waals surface area contributed by atoms with Gasteiger partial charge in [-0.15, -0.1) is 0 Å². The Morgan fingerprint density at radius 1 is 1.30 bits per heavy atom. The molecule has 2 aliphatic heterocycles. The summed E-state index contributed by atoms with van der Waals surface area (Å²) in [4.78, 5) is 14.9. The van der Waals surface area contributed by atoms with Gasteiger partial charge in [-0.2, -0.15) is 0 Å². The van der Waals surface area contributed by atoms with Crippen LogP contribution < -0.4 is 14.8 Å². The molecule has 142 valence electrons. The topological polar surface area (TPSA) is 76.8 Å². The second kappa shape index (κ2) is 6.56. The van der Waals surface area contributed by atoms with Crippen LogP contribution in [0.15, 0.2) is 28.8 Å². The molecule has 1 amide bonds. The summed E-state index contributed by atoms with van der Waals surface area (Å²) in [5, 5.41) is 7.07. The first-order chi connectivity index (χ1) is 13.2. The Kier molecular flexibility index (Phi) is 4.04. The third-order valence-corrected chi connectivity index (χ3v) is 5.62. The number of ether oxygens (including phenoxy) is 2. The summed E-state index contributed by atoms with van der Waals surface area (Å²) in [6.07, 6.45) is 2.26. The summed E-state index contributed by atoms with van der Waals surface area (Å²) in [7, 11) is 0. The molecule has 1 aliphatic carbocycles. The highest BCUT2D eigenvalue weighted by Crippen LogP contribution is 2.40. The van der Waals surface area contributed by atoms with E-state index in [9.17, 15) is 4.79 Å². The van der Waals surface area contributed by atoms with Crippen LogP contribution in [0.25, 0.3) is 0 Å². The number of likely N-dealkylation sites (tertiary alicyclic amines) is 1. The zero-order valence-electron chi connectivity index (χ0n) is 15.3. The van der Waals surface area contributed by atoms with Crippen LogP contribution in [0.5, 0.6) is 11.5 Å². The maximum Gasteiger partial charge on any atom is 0.273 e. The molecule has 2 fully saturated rings. The Hall–Kier alpha value is -2.54. The predicted molar refractivity (Wildman–Crippen MR) is 96.7 cm³/mol. The van der Waals surface area contributed by atoms with Gasteiger partial charge in [0.25, 0.3) is 5.91 Å². The maximum atomic E-state index is 12.5. The molecule has 7 heteroatoms. The van der Waals surface area contributed by atoms with Gasteiger partial charge in [-0.1, -0.05) is 24.2 Å². The van der Waals surface area contributed by atoms with Crippen molar-refractivity contribution in [3.05, 3.63) is 41.3 Å². The standard InChI is InChI=1S/C20H23N3O4/c1-12-8-23(9-14-3-2-4-17-19(14)26-11-25-17)10-16(12)21-20(24)15-7-18(27-22-15)13-5-6-13/h2-4,7,12-13,16H,5-6,8-11H2,1H3,(H,21,24)/t12-,16-/m0/s1. The number of nitrogens with zero attached hydrogens (tertiary/aromatic N) is 2. The highest BCUT2D eigenvalue weighted by molar-refractivity contribution is 5.92. The minimum atomic E-state index is -0.151. The fourth-order valence-electron chi connectivity index (χ4n) is 3.94. The molecular weight excluding hydrogens is 346 g/mol. The zero-order valence-corrected chi connectivity index (χ0v) is 15.3. The number of fused-ring (bicyclic) bond motifs is 1. The molecule has 7 nitrogen and oxygen atoms in total. The molecule has 0 spiro atoms. The van der Waals surface area contributed by atoms with Gasteiger partial charge in [-0.05, 0) is 24.8 Å². The van der Waals surface area contributed by atoms with E-state index in [4.69, 9.17) is 14.0 Å². The largest absolute Gasteiger partial charge is 0.454 e. The molecule has 3 aliphatic rings. The Labute approximate surface area is 157 Å². The lowest BCUT2D eigenvalue weighted by atomic mass is 10.1. The van der Waals surface area contributed by atoms with Gasteiger partial charge < -0.3 is 19.3 Å². The van der Waals surface area contributed by atoms with Gasteiger partial charge in [0.05, 0.1) is 0 Å². The van der Waals surface area contributed by atoms with Crippen molar-refractivity contribution >= 4 is 5.91 Å². The van der Waals surface area contributed by atoms with E-state index in [1.807, 2.05) is 12.1 Å². The first-order valence-electron chi connectivity index (χ1n) is 9.54. The van der Waals surface area contributed by atoms with Crippen molar-refractivity contribution in [1.29, 1.82) is 0 Å². The summed E-state index contributed by atoms with van der Waals surface area (Å²) >= 11 is 0. The van der Waals surface area contributed by atoms with E-state index in [-0.39, 0.29) is 18.7 Å². The molecule has 1 N–H and O–H groups in total. The van der Waals surface area contributed by atoms with Gasteiger partial charge in [0, 0.05) is 43.2 Å². The summed E-state index contributed by atoms with van der Waals surface area (Å²) in [6.45, 7) is 4.94. The minimum absolute atomic E-state index is 0.0903. The normalized spacial score (nSPS) is 24.3. The number of para-hydroxylation sites is 1. The molecule has 2 atom stereocenters. The van der Waals surface area contributed by atoms with Crippen LogP contribution >= 0.6 is 0 Å². The number of hydrogen-bond acceptors (Lipinski definition) is 6. The van der Waals surface area contributed by atoms with Crippen LogP contribution in [0.3, 0.4) is 0 Å². The number of carbonyl (C=O) groups excluding carboxylic acids is 1. The van der Waals surface area contributed by atoms with Crippen LogP contribution in [0.1, 0.15) is 47.5 Å². The fraction of sp³-hybridized carbons (Fsp3) is 0.500. The average molecular weight is 369 g/mol. The number of amides is 1. The van der Waals surface area contributed by atoms with Crippen molar-refractivity contribution in [3.8, 4) is 11.5 Å². The lowest BCUT2D eigenvalue weighted by molar-refractivity contribution is 0.0922. The van der Waals surface area contributed by atoms with Gasteiger partial charge in [-0.3, -0.25) is 9.69 Å². The summed E-state index contributed by atoms with van der Waals surface area (Å²) in [5.74, 6) is 3.15. The Bertz CT molecular complexity index is 861. The highest BCUT2D eigenvalue weighted by Gasteiger charge is 2.33. The van der Waals surface area contributed by atoms with Crippen molar-refractivity contribution in [2.24, 2.45) is 5.92 Å². The van der Waals surface area contributed by atoms with Gasteiger partial charge in [0.15, 0.2) is 17.2 Å². The molecule has 0 radical (unpaired) electrons. The third kappa shape index (κ3) is 3.27. The van der Waals surface area contributed by atoms with Gasteiger partial charge in [0.2, 0.25) is 6.79 Å². The van der Waals surface area contributed by atoms with Crippen molar-refractivity contribution in [2.75, 3.05) is 19.9 Å². The lowest BCUT2D eigenvalue weighted by Crippen LogP contribution is -2.40. The third-order valence-electron chi connectivity index (χ3n) is 5.62. The van der Waals surface area contributed by atoms with Crippen LogP contribution in [0.2, 0.25) is 0 Å². The average Bonchev–Trinajstić information content (AvgIpc) is 3.07. The molecule has 1 saturated carbocycles. The molecular formula is C20H23N3O4. The van der Waals surface area contributed by atoms with Crippen molar-refractivity contribution in [1.82, 2.24) is 15.4 Å². The molecule has 0 bridgehead atoms. The number of nitrogens with one attached hydrogen (secondary N) is 1. The summed E-state index contributed by atoms with van der Waals surface area (Å²) in [5.41, 5.74) is 1.50. The molecule has 1 aromatic carbocycles. The Morgan fingerprint density at radius 2 is 2.19 bits per heavy atom. The highest BCUT2D eigenvalue weighted by atomic mass is 16.7. The second-order valence-electron chi connectivity index (χ2n) is 7.79. The van der Waals surface area contributed by atoms with E-state index in [0.29, 0.717) is 17.5 Å².